The Morgan fingerprint density at radius 1 is 1.12 bits per heavy atom. The van der Waals surface area contributed by atoms with Crippen LogP contribution in [0.4, 0.5) is 18.9 Å². The van der Waals surface area contributed by atoms with Gasteiger partial charge in [0, 0.05) is 5.39 Å². The van der Waals surface area contributed by atoms with Gasteiger partial charge < -0.3 is 20.2 Å². The lowest BCUT2D eigenvalue weighted by Gasteiger charge is -2.13. The molecule has 26 heavy (non-hydrogen) atoms. The Bertz CT molecular complexity index is 876. The van der Waals surface area contributed by atoms with Gasteiger partial charge in [0.2, 0.25) is 0 Å². The van der Waals surface area contributed by atoms with Gasteiger partial charge in [-0.25, -0.2) is 4.99 Å². The van der Waals surface area contributed by atoms with Gasteiger partial charge in [-0.3, -0.25) is 0 Å². The van der Waals surface area contributed by atoms with Crippen LogP contribution in [0.5, 0.6) is 5.75 Å². The zero-order valence-corrected chi connectivity index (χ0v) is 15.6. The van der Waals surface area contributed by atoms with Crippen LogP contribution in [0.3, 0.4) is 0 Å². The second kappa shape index (κ2) is 8.30. The summed E-state index contributed by atoms with van der Waals surface area (Å²) in [6, 6.07) is 14.9. The number of nitrogens with two attached hydrogens (primary N) is 1. The Balaban J connectivity index is 0.00000243. The largest absolute Gasteiger partial charge is 0.573 e. The lowest BCUT2D eigenvalue weighted by Crippen LogP contribution is -2.24. The van der Waals surface area contributed by atoms with Gasteiger partial charge in [-0.1, -0.05) is 30.3 Å². The third kappa shape index (κ3) is 5.28. The number of anilines is 1. The van der Waals surface area contributed by atoms with Gasteiger partial charge in [0.25, 0.3) is 0 Å². The van der Waals surface area contributed by atoms with Crippen molar-refractivity contribution in [2.45, 2.75) is 12.9 Å². The summed E-state index contributed by atoms with van der Waals surface area (Å²) >= 11 is 0. The van der Waals surface area contributed by atoms with E-state index in [-0.39, 0.29) is 42.2 Å². The number of furan rings is 1. The zero-order valence-electron chi connectivity index (χ0n) is 13.3. The van der Waals surface area contributed by atoms with E-state index < -0.39 is 12.1 Å². The molecule has 0 fully saturated rings. The molecule has 3 aromatic rings. The molecule has 0 amide bonds. The molecule has 2 aromatic carbocycles. The summed E-state index contributed by atoms with van der Waals surface area (Å²) < 4.78 is 46.8. The van der Waals surface area contributed by atoms with Crippen LogP contribution in [0.2, 0.25) is 0 Å². The normalized spacial score (nSPS) is 11.9. The van der Waals surface area contributed by atoms with E-state index in [4.69, 9.17) is 10.2 Å². The standard InChI is InChI=1S/C17H14F3N3O2.HI/c18-17(19,20)25-15-8-4-2-6-13(15)23-16(21)22-10-12-9-11-5-1-3-7-14(11)24-12;/h1-9H,10H2,(H3,21,22,23);1H. The van der Waals surface area contributed by atoms with E-state index in [1.807, 2.05) is 30.3 Å². The summed E-state index contributed by atoms with van der Waals surface area (Å²) in [6.07, 6.45) is -4.79. The SMILES string of the molecule is I.NC(=NCc1cc2ccccc2o1)Nc1ccccc1OC(F)(F)F. The molecule has 138 valence electrons. The van der Waals surface area contributed by atoms with E-state index >= 15 is 0 Å². The molecule has 0 saturated carbocycles. The predicted molar refractivity (Wildman–Crippen MR) is 104 cm³/mol. The molecule has 3 rings (SSSR count). The van der Waals surface area contributed by atoms with E-state index in [0.29, 0.717) is 5.76 Å². The van der Waals surface area contributed by atoms with Crippen molar-refractivity contribution in [2.75, 3.05) is 5.32 Å². The highest BCUT2D eigenvalue weighted by molar-refractivity contribution is 14.0. The lowest BCUT2D eigenvalue weighted by atomic mass is 10.2. The van der Waals surface area contributed by atoms with E-state index in [9.17, 15) is 13.2 Å². The van der Waals surface area contributed by atoms with E-state index in [1.54, 1.807) is 6.07 Å². The number of halogens is 4. The quantitative estimate of drug-likeness (QED) is 0.320. The molecule has 0 spiro atoms. The van der Waals surface area contributed by atoms with Crippen LogP contribution >= 0.6 is 24.0 Å². The summed E-state index contributed by atoms with van der Waals surface area (Å²) in [5.41, 5.74) is 6.53. The lowest BCUT2D eigenvalue weighted by molar-refractivity contribution is -0.274. The van der Waals surface area contributed by atoms with Crippen LogP contribution in [0, 0.1) is 0 Å². The third-order valence-electron chi connectivity index (χ3n) is 3.26. The maximum Gasteiger partial charge on any atom is 0.573 e. The Labute approximate surface area is 164 Å². The molecule has 0 saturated heterocycles. The van der Waals surface area contributed by atoms with Crippen molar-refractivity contribution in [3.8, 4) is 5.75 Å². The molecule has 0 aliphatic rings. The number of benzene rings is 2. The zero-order chi connectivity index (χ0) is 17.9. The van der Waals surface area contributed by atoms with Gasteiger partial charge in [0.15, 0.2) is 11.7 Å². The molecule has 0 atom stereocenters. The summed E-state index contributed by atoms with van der Waals surface area (Å²) in [7, 11) is 0. The molecule has 9 heteroatoms. The van der Waals surface area contributed by atoms with Gasteiger partial charge in [-0.05, 0) is 24.3 Å². The topological polar surface area (TPSA) is 72.8 Å². The molecule has 1 aromatic heterocycles. The second-order valence-electron chi connectivity index (χ2n) is 5.12. The number of fused-ring (bicyclic) bond motifs is 1. The number of aliphatic imine (C=N–C) groups is 1. The number of nitrogens with zero attached hydrogens (tertiary/aromatic N) is 1. The van der Waals surface area contributed by atoms with Gasteiger partial charge in [0.05, 0.1) is 5.69 Å². The highest BCUT2D eigenvalue weighted by atomic mass is 127. The Hall–Kier alpha value is -2.43. The van der Waals surface area contributed by atoms with Crippen LogP contribution in [-0.4, -0.2) is 12.3 Å². The molecule has 0 aliphatic heterocycles. The molecule has 0 bridgehead atoms. The van der Waals surface area contributed by atoms with Crippen LogP contribution < -0.4 is 15.8 Å². The van der Waals surface area contributed by atoms with Crippen molar-refractivity contribution in [3.05, 3.63) is 60.4 Å². The number of guanidine groups is 1. The van der Waals surface area contributed by atoms with Crippen molar-refractivity contribution in [3.63, 3.8) is 0 Å². The summed E-state index contributed by atoms with van der Waals surface area (Å²) in [4.78, 5) is 4.08. The van der Waals surface area contributed by atoms with Gasteiger partial charge in [-0.2, -0.15) is 0 Å². The highest BCUT2D eigenvalue weighted by Gasteiger charge is 2.32. The van der Waals surface area contributed by atoms with Crippen molar-refractivity contribution in [1.29, 1.82) is 0 Å². The van der Waals surface area contributed by atoms with E-state index in [0.717, 1.165) is 11.0 Å². The first-order chi connectivity index (χ1) is 11.9. The van der Waals surface area contributed by atoms with Crippen LogP contribution in [-0.2, 0) is 6.54 Å². The van der Waals surface area contributed by atoms with E-state index in [1.165, 1.54) is 18.2 Å². The minimum absolute atomic E-state index is 0. The molecule has 5 nitrogen and oxygen atoms in total. The molecule has 0 aliphatic carbocycles. The molecule has 1 heterocycles. The average Bonchev–Trinajstić information content (AvgIpc) is 2.96. The number of ether oxygens (including phenoxy) is 1. The fourth-order valence-electron chi connectivity index (χ4n) is 2.24. The van der Waals surface area contributed by atoms with Gasteiger partial charge >= 0.3 is 6.36 Å². The maximum atomic E-state index is 12.4. The summed E-state index contributed by atoms with van der Waals surface area (Å²) in [6.45, 7) is 0.149. The smallest absolute Gasteiger partial charge is 0.459 e. The van der Waals surface area contributed by atoms with E-state index in [2.05, 4.69) is 15.0 Å². The summed E-state index contributed by atoms with van der Waals surface area (Å²) in [5, 5.41) is 3.53. The molecule has 0 radical (unpaired) electrons. The first-order valence-electron chi connectivity index (χ1n) is 7.30. The number of alkyl halides is 3. The van der Waals surface area contributed by atoms with Gasteiger partial charge in [-0.15, -0.1) is 37.1 Å². The van der Waals surface area contributed by atoms with Crippen LogP contribution in [0.25, 0.3) is 11.0 Å². The number of rotatable bonds is 4. The number of nitrogens with one attached hydrogen (secondary N) is 1. The van der Waals surface area contributed by atoms with Gasteiger partial charge in [0.1, 0.15) is 17.9 Å². The maximum absolute atomic E-state index is 12.4. The average molecular weight is 477 g/mol. The third-order valence-corrected chi connectivity index (χ3v) is 3.26. The minimum Gasteiger partial charge on any atom is -0.459 e. The molecular formula is C17H15F3IN3O2. The van der Waals surface area contributed by atoms with Crippen molar-refractivity contribution < 1.29 is 22.3 Å². The first-order valence-corrected chi connectivity index (χ1v) is 7.30. The van der Waals surface area contributed by atoms with Crippen LogP contribution in [0.15, 0.2) is 64.0 Å². The number of hydrogen-bond donors (Lipinski definition) is 2. The fourth-order valence-corrected chi connectivity index (χ4v) is 2.24. The summed E-state index contributed by atoms with van der Waals surface area (Å²) in [5.74, 6) is 0.140. The van der Waals surface area contributed by atoms with Crippen molar-refractivity contribution >= 4 is 46.6 Å². The Kier molecular flexibility index (Phi) is 6.35. The monoisotopic (exact) mass is 477 g/mol. The van der Waals surface area contributed by atoms with Crippen molar-refractivity contribution in [2.24, 2.45) is 10.7 Å². The second-order valence-corrected chi connectivity index (χ2v) is 5.12. The minimum atomic E-state index is -4.79. The predicted octanol–water partition coefficient (Wildman–Crippen LogP) is 4.88. The Morgan fingerprint density at radius 2 is 1.81 bits per heavy atom. The van der Waals surface area contributed by atoms with Crippen LogP contribution in [0.1, 0.15) is 5.76 Å². The molecule has 0 unspecified atom stereocenters. The number of hydrogen-bond acceptors (Lipinski definition) is 3. The molecular weight excluding hydrogens is 462 g/mol. The first kappa shape index (κ1) is 19.9. The molecule has 3 N–H and O–H groups in total. The highest BCUT2D eigenvalue weighted by Crippen LogP contribution is 2.29. The number of para-hydroxylation sites is 3. The van der Waals surface area contributed by atoms with Crippen molar-refractivity contribution in [1.82, 2.24) is 0 Å². The fraction of sp³-hybridized carbons (Fsp3) is 0.118. The Morgan fingerprint density at radius 3 is 2.54 bits per heavy atom.